The van der Waals surface area contributed by atoms with Gasteiger partial charge in [-0.05, 0) is 0 Å². The minimum Gasteiger partial charge on any atom is -0.381 e. The highest BCUT2D eigenvalue weighted by atomic mass is 19.3. The number of hydrogen-bond acceptors (Lipinski definition) is 3. The minimum absolute atomic E-state index is 0.690. The molecule has 70 valence electrons. The van der Waals surface area contributed by atoms with Gasteiger partial charge in [-0.2, -0.15) is 0 Å². The molecule has 1 fully saturated rings. The fourth-order valence-electron chi connectivity index (χ4n) is 1.39. The third kappa shape index (κ3) is 1.39. The number of nitrogens with two attached hydrogens (primary N) is 2. The van der Waals surface area contributed by atoms with Crippen LogP contribution in [0.3, 0.4) is 0 Å². The van der Waals surface area contributed by atoms with Gasteiger partial charge in [0.1, 0.15) is 0 Å². The Balaban J connectivity index is 2.60. The van der Waals surface area contributed by atoms with Crippen LogP contribution in [-0.4, -0.2) is 28.6 Å². The van der Waals surface area contributed by atoms with Crippen LogP contribution in [0.15, 0.2) is 0 Å². The van der Waals surface area contributed by atoms with Gasteiger partial charge >= 0.3 is 0 Å². The molecule has 0 aliphatic heterocycles. The lowest BCUT2D eigenvalue weighted by Gasteiger charge is -2.46. The minimum atomic E-state index is -2.87. The van der Waals surface area contributed by atoms with E-state index >= 15 is 0 Å². The van der Waals surface area contributed by atoms with E-state index in [9.17, 15) is 13.6 Å². The molecule has 1 aliphatic carbocycles. The zero-order valence-corrected chi connectivity index (χ0v) is 6.26. The summed E-state index contributed by atoms with van der Waals surface area (Å²) in [5.74, 6) is -3.93. The highest BCUT2D eigenvalue weighted by Crippen LogP contribution is 2.45. The number of primary amides is 1. The van der Waals surface area contributed by atoms with Crippen LogP contribution >= 0.6 is 0 Å². The second-order valence-electron chi connectivity index (χ2n) is 3.25. The van der Waals surface area contributed by atoms with Crippen molar-refractivity contribution in [1.29, 1.82) is 0 Å². The average Bonchev–Trinajstić information content (AvgIpc) is 1.81. The molecule has 12 heavy (non-hydrogen) atoms. The molecule has 0 aromatic carbocycles. The zero-order chi connectivity index (χ0) is 9.57. The predicted octanol–water partition coefficient (Wildman–Crippen LogP) is -1.04. The number of alkyl halides is 2. The molecule has 0 aromatic rings. The smallest absolute Gasteiger partial charge is 0.251 e. The molecule has 1 amide bonds. The fourth-order valence-corrected chi connectivity index (χ4v) is 1.39. The average molecular weight is 180 g/mol. The third-order valence-corrected chi connectivity index (χ3v) is 1.99. The fraction of sp³-hybridized carbons (Fsp3) is 0.833. The molecule has 0 bridgehead atoms. The first-order chi connectivity index (χ1) is 5.27. The summed E-state index contributed by atoms with van der Waals surface area (Å²) in [6, 6.07) is 0. The van der Waals surface area contributed by atoms with E-state index in [1.54, 1.807) is 0 Å². The second-order valence-corrected chi connectivity index (χ2v) is 3.25. The number of rotatable bonds is 2. The molecule has 1 atom stereocenters. The van der Waals surface area contributed by atoms with Crippen molar-refractivity contribution in [2.24, 2.45) is 11.5 Å². The van der Waals surface area contributed by atoms with Crippen LogP contribution in [-0.2, 0) is 4.79 Å². The largest absolute Gasteiger partial charge is 0.381 e. The van der Waals surface area contributed by atoms with Gasteiger partial charge in [0.05, 0.1) is 5.54 Å². The number of carbonyl (C=O) groups is 1. The van der Waals surface area contributed by atoms with Crippen molar-refractivity contribution in [2.45, 2.75) is 30.4 Å². The van der Waals surface area contributed by atoms with Gasteiger partial charge in [-0.15, -0.1) is 0 Å². The van der Waals surface area contributed by atoms with E-state index < -0.39 is 36.3 Å². The maximum atomic E-state index is 12.3. The van der Waals surface area contributed by atoms with Crippen molar-refractivity contribution < 1.29 is 18.7 Å². The summed E-state index contributed by atoms with van der Waals surface area (Å²) in [5, 5.41) is 9.00. The Labute approximate surface area is 67.5 Å². The van der Waals surface area contributed by atoms with E-state index in [0.717, 1.165) is 0 Å². The summed E-state index contributed by atoms with van der Waals surface area (Å²) < 4.78 is 24.6. The maximum Gasteiger partial charge on any atom is 0.251 e. The first kappa shape index (κ1) is 9.34. The molecular weight excluding hydrogens is 170 g/mol. The molecule has 6 heteroatoms. The summed E-state index contributed by atoms with van der Waals surface area (Å²) >= 11 is 0. The van der Waals surface area contributed by atoms with Crippen LogP contribution in [0, 0.1) is 0 Å². The standard InChI is InChI=1S/C6H10F2N2O2/c7-6(8)1-5(10,2-6)3(11)4(9)12/h3,11H,1-2,10H2,(H2,9,12)/t3-/m1/s1. The normalized spacial score (nSPS) is 27.3. The van der Waals surface area contributed by atoms with Crippen LogP contribution in [0.1, 0.15) is 12.8 Å². The monoisotopic (exact) mass is 180 g/mol. The molecule has 1 rings (SSSR count). The van der Waals surface area contributed by atoms with Gasteiger partial charge in [0.2, 0.25) is 5.91 Å². The summed E-state index contributed by atoms with van der Waals surface area (Å²) in [6.45, 7) is 0. The van der Waals surface area contributed by atoms with E-state index in [0.29, 0.717) is 0 Å². The highest BCUT2D eigenvalue weighted by molar-refractivity contribution is 5.80. The molecule has 0 saturated heterocycles. The van der Waals surface area contributed by atoms with Crippen LogP contribution in [0.5, 0.6) is 0 Å². The number of amides is 1. The number of aliphatic hydroxyl groups excluding tert-OH is 1. The van der Waals surface area contributed by atoms with Crippen LogP contribution in [0.4, 0.5) is 8.78 Å². The lowest BCUT2D eigenvalue weighted by atomic mass is 9.70. The summed E-state index contributed by atoms with van der Waals surface area (Å²) in [7, 11) is 0. The van der Waals surface area contributed by atoms with Crippen LogP contribution in [0.2, 0.25) is 0 Å². The predicted molar refractivity (Wildman–Crippen MR) is 36.3 cm³/mol. The quantitative estimate of drug-likeness (QED) is 0.507. The van der Waals surface area contributed by atoms with Crippen molar-refractivity contribution in [1.82, 2.24) is 0 Å². The van der Waals surface area contributed by atoms with Crippen molar-refractivity contribution in [3.8, 4) is 0 Å². The van der Waals surface area contributed by atoms with Crippen molar-refractivity contribution in [3.63, 3.8) is 0 Å². The van der Waals surface area contributed by atoms with Crippen molar-refractivity contribution in [2.75, 3.05) is 0 Å². The molecular formula is C6H10F2N2O2. The van der Waals surface area contributed by atoms with E-state index in [4.69, 9.17) is 16.6 Å². The number of carbonyl (C=O) groups excluding carboxylic acids is 1. The van der Waals surface area contributed by atoms with Crippen LogP contribution < -0.4 is 11.5 Å². The number of hydrogen-bond donors (Lipinski definition) is 3. The number of halogens is 2. The Morgan fingerprint density at radius 3 is 2.17 bits per heavy atom. The lowest BCUT2D eigenvalue weighted by molar-refractivity contribution is -0.164. The molecule has 1 aliphatic rings. The van der Waals surface area contributed by atoms with E-state index in [-0.39, 0.29) is 0 Å². The van der Waals surface area contributed by atoms with E-state index in [2.05, 4.69) is 0 Å². The maximum absolute atomic E-state index is 12.3. The molecule has 0 heterocycles. The van der Waals surface area contributed by atoms with Gasteiger partial charge < -0.3 is 16.6 Å². The van der Waals surface area contributed by atoms with Gasteiger partial charge in [-0.25, -0.2) is 8.78 Å². The summed E-state index contributed by atoms with van der Waals surface area (Å²) in [4.78, 5) is 10.4. The summed E-state index contributed by atoms with van der Waals surface area (Å²) in [5.41, 5.74) is 8.47. The van der Waals surface area contributed by atoms with Gasteiger partial charge in [0, 0.05) is 12.8 Å². The molecule has 4 nitrogen and oxygen atoms in total. The Bertz CT molecular complexity index is 212. The first-order valence-corrected chi connectivity index (χ1v) is 3.41. The van der Waals surface area contributed by atoms with Gasteiger partial charge in [-0.1, -0.05) is 0 Å². The van der Waals surface area contributed by atoms with Crippen molar-refractivity contribution >= 4 is 5.91 Å². The first-order valence-electron chi connectivity index (χ1n) is 3.41. The topological polar surface area (TPSA) is 89.3 Å². The third-order valence-electron chi connectivity index (χ3n) is 1.99. The summed E-state index contributed by atoms with van der Waals surface area (Å²) in [6.07, 6.45) is -3.06. The number of aliphatic hydroxyl groups is 1. The Morgan fingerprint density at radius 2 is 1.92 bits per heavy atom. The van der Waals surface area contributed by atoms with Gasteiger partial charge in [-0.3, -0.25) is 4.79 Å². The van der Waals surface area contributed by atoms with Gasteiger partial charge in [0.15, 0.2) is 6.10 Å². The molecule has 1 saturated carbocycles. The molecule has 0 unspecified atom stereocenters. The van der Waals surface area contributed by atoms with Gasteiger partial charge in [0.25, 0.3) is 5.92 Å². The SMILES string of the molecule is NC(=O)[C@@H](O)C1(N)CC(F)(F)C1. The van der Waals surface area contributed by atoms with Crippen molar-refractivity contribution in [3.05, 3.63) is 0 Å². The Kier molecular flexibility index (Phi) is 1.84. The molecule has 0 spiro atoms. The molecule has 0 radical (unpaired) electrons. The Hall–Kier alpha value is -0.750. The van der Waals surface area contributed by atoms with E-state index in [1.165, 1.54) is 0 Å². The molecule has 0 aromatic heterocycles. The molecule has 5 N–H and O–H groups in total. The highest BCUT2D eigenvalue weighted by Gasteiger charge is 2.59. The van der Waals surface area contributed by atoms with E-state index in [1.807, 2.05) is 0 Å². The van der Waals surface area contributed by atoms with Crippen LogP contribution in [0.25, 0.3) is 0 Å². The Morgan fingerprint density at radius 1 is 1.50 bits per heavy atom. The lowest BCUT2D eigenvalue weighted by Crippen LogP contribution is -2.67. The zero-order valence-electron chi connectivity index (χ0n) is 6.26. The second kappa shape index (κ2) is 2.37.